The molecule has 0 bridgehead atoms. The van der Waals surface area contributed by atoms with E-state index >= 15 is 0 Å². The molecule has 0 aromatic carbocycles. The van der Waals surface area contributed by atoms with Crippen molar-refractivity contribution in [3.63, 3.8) is 0 Å². The average molecular weight is 369 g/mol. The van der Waals surface area contributed by atoms with Crippen LogP contribution in [0.1, 0.15) is 90.9 Å². The van der Waals surface area contributed by atoms with Crippen molar-refractivity contribution in [2.75, 3.05) is 7.11 Å². The molecular formula is C22H40O4. The molecule has 0 aliphatic heterocycles. The maximum Gasteiger partial charge on any atom is 0.305 e. The summed E-state index contributed by atoms with van der Waals surface area (Å²) in [6.45, 7) is 8.23. The van der Waals surface area contributed by atoms with Crippen LogP contribution in [0.3, 0.4) is 0 Å². The van der Waals surface area contributed by atoms with E-state index in [-0.39, 0.29) is 17.7 Å². The number of Topliss-reactive ketones (excluding diaryl/α,β-unsaturated/α-hetero) is 1. The van der Waals surface area contributed by atoms with Gasteiger partial charge in [0.2, 0.25) is 0 Å². The lowest BCUT2D eigenvalue weighted by atomic mass is 9.98. The van der Waals surface area contributed by atoms with E-state index in [4.69, 9.17) is 0 Å². The Morgan fingerprint density at radius 3 is 2.54 bits per heavy atom. The number of unbranched alkanes of at least 4 members (excludes halogenated alkanes) is 4. The van der Waals surface area contributed by atoms with E-state index in [1.807, 2.05) is 6.08 Å². The highest BCUT2D eigenvalue weighted by Crippen LogP contribution is 2.26. The minimum atomic E-state index is -0.410. The molecule has 3 atom stereocenters. The fraction of sp³-hybridized carbons (Fsp3) is 0.818. The fourth-order valence-corrected chi connectivity index (χ4v) is 3.29. The van der Waals surface area contributed by atoms with Gasteiger partial charge in [0.25, 0.3) is 0 Å². The maximum absolute atomic E-state index is 11.4. The summed E-state index contributed by atoms with van der Waals surface area (Å²) in [5.41, 5.74) is 0. The van der Waals surface area contributed by atoms with E-state index in [0.29, 0.717) is 19.3 Å². The summed E-state index contributed by atoms with van der Waals surface area (Å²) in [4.78, 5) is 22.2. The molecule has 1 fully saturated rings. The van der Waals surface area contributed by atoms with Gasteiger partial charge < -0.3 is 9.84 Å². The predicted octanol–water partition coefficient (Wildman–Crippen LogP) is 5.23. The van der Waals surface area contributed by atoms with Crippen molar-refractivity contribution in [3.8, 4) is 0 Å². The SMILES string of the molecule is C=CCC(C)CCCC.COC(=O)CCCCCCC1CC(O)CC1=O. The second-order valence-corrected chi connectivity index (χ2v) is 7.56. The summed E-state index contributed by atoms with van der Waals surface area (Å²) >= 11 is 0. The van der Waals surface area contributed by atoms with Crippen LogP contribution >= 0.6 is 0 Å². The molecule has 0 saturated heterocycles. The van der Waals surface area contributed by atoms with Gasteiger partial charge in [-0.25, -0.2) is 0 Å². The van der Waals surface area contributed by atoms with E-state index in [0.717, 1.165) is 38.0 Å². The van der Waals surface area contributed by atoms with Crippen LogP contribution in [-0.4, -0.2) is 30.1 Å². The Morgan fingerprint density at radius 1 is 1.31 bits per heavy atom. The molecule has 1 aliphatic carbocycles. The first-order valence-corrected chi connectivity index (χ1v) is 10.3. The van der Waals surface area contributed by atoms with E-state index < -0.39 is 6.10 Å². The molecule has 0 aromatic rings. The Bertz CT molecular complexity index is 392. The lowest BCUT2D eigenvalue weighted by Crippen LogP contribution is -2.05. The van der Waals surface area contributed by atoms with Crippen LogP contribution in [0.2, 0.25) is 0 Å². The van der Waals surface area contributed by atoms with Gasteiger partial charge >= 0.3 is 5.97 Å². The third-order valence-corrected chi connectivity index (χ3v) is 4.98. The van der Waals surface area contributed by atoms with Gasteiger partial charge in [-0.05, 0) is 31.6 Å². The molecule has 152 valence electrons. The molecule has 4 heteroatoms. The zero-order valence-electron chi connectivity index (χ0n) is 17.2. The highest BCUT2D eigenvalue weighted by atomic mass is 16.5. The molecule has 0 aromatic heterocycles. The molecule has 1 N–H and O–H groups in total. The molecular weight excluding hydrogens is 328 g/mol. The molecule has 1 aliphatic rings. The Labute approximate surface area is 160 Å². The van der Waals surface area contributed by atoms with Crippen molar-refractivity contribution >= 4 is 11.8 Å². The fourth-order valence-electron chi connectivity index (χ4n) is 3.29. The number of aliphatic hydroxyl groups is 1. The van der Waals surface area contributed by atoms with Crippen LogP contribution in [0, 0.1) is 11.8 Å². The van der Waals surface area contributed by atoms with Crippen LogP contribution in [0.4, 0.5) is 0 Å². The minimum Gasteiger partial charge on any atom is -0.469 e. The van der Waals surface area contributed by atoms with Crippen molar-refractivity contribution in [2.45, 2.75) is 97.0 Å². The number of allylic oxidation sites excluding steroid dienone is 1. The second kappa shape index (κ2) is 16.0. The zero-order valence-corrected chi connectivity index (χ0v) is 17.2. The number of carbonyl (C=O) groups excluding carboxylic acids is 2. The third kappa shape index (κ3) is 13.1. The van der Waals surface area contributed by atoms with Gasteiger partial charge in [0.05, 0.1) is 13.2 Å². The standard InChI is InChI=1S/C13H22O4.C9H18/c1-17-13(16)7-5-3-2-4-6-10-8-11(14)9-12(10)15;1-4-6-8-9(3)7-5-2/h10-11,14H,2-9H2,1H3;5,9H,2,4,6-8H2,1,3H3. The lowest BCUT2D eigenvalue weighted by molar-refractivity contribution is -0.140. The molecule has 3 unspecified atom stereocenters. The summed E-state index contributed by atoms with van der Waals surface area (Å²) in [6.07, 6.45) is 13.1. The average Bonchev–Trinajstić information content (AvgIpc) is 2.94. The maximum atomic E-state index is 11.4. The van der Waals surface area contributed by atoms with Crippen LogP contribution in [0.15, 0.2) is 12.7 Å². The highest BCUT2D eigenvalue weighted by molar-refractivity contribution is 5.83. The van der Waals surface area contributed by atoms with Crippen molar-refractivity contribution in [1.82, 2.24) is 0 Å². The Balaban J connectivity index is 0.000000590. The van der Waals surface area contributed by atoms with Crippen molar-refractivity contribution < 1.29 is 19.4 Å². The van der Waals surface area contributed by atoms with Gasteiger partial charge in [-0.1, -0.05) is 58.4 Å². The van der Waals surface area contributed by atoms with Crippen LogP contribution in [-0.2, 0) is 14.3 Å². The van der Waals surface area contributed by atoms with Gasteiger partial charge in [-0.3, -0.25) is 9.59 Å². The number of hydrogen-bond acceptors (Lipinski definition) is 4. The normalized spacial score (nSPS) is 20.2. The molecule has 1 rings (SSSR count). The van der Waals surface area contributed by atoms with Crippen molar-refractivity contribution in [1.29, 1.82) is 0 Å². The topological polar surface area (TPSA) is 63.6 Å². The molecule has 26 heavy (non-hydrogen) atoms. The van der Waals surface area contributed by atoms with E-state index in [2.05, 4.69) is 25.2 Å². The summed E-state index contributed by atoms with van der Waals surface area (Å²) in [5, 5.41) is 9.33. The number of aliphatic hydroxyl groups excluding tert-OH is 1. The van der Waals surface area contributed by atoms with E-state index in [1.165, 1.54) is 32.8 Å². The smallest absolute Gasteiger partial charge is 0.305 e. The monoisotopic (exact) mass is 368 g/mol. The zero-order chi connectivity index (χ0) is 19.8. The van der Waals surface area contributed by atoms with E-state index in [1.54, 1.807) is 0 Å². The number of rotatable bonds is 12. The molecule has 0 radical (unpaired) electrons. The number of ketones is 1. The first-order valence-electron chi connectivity index (χ1n) is 10.3. The first kappa shape index (κ1) is 24.8. The molecule has 0 heterocycles. The van der Waals surface area contributed by atoms with E-state index in [9.17, 15) is 14.7 Å². The molecule has 1 saturated carbocycles. The number of methoxy groups -OCH3 is 1. The third-order valence-electron chi connectivity index (χ3n) is 4.98. The largest absolute Gasteiger partial charge is 0.469 e. The van der Waals surface area contributed by atoms with Gasteiger partial charge in [0, 0.05) is 18.8 Å². The van der Waals surface area contributed by atoms with Crippen LogP contribution < -0.4 is 0 Å². The van der Waals surface area contributed by atoms with Gasteiger partial charge in [-0.2, -0.15) is 0 Å². The van der Waals surface area contributed by atoms with Gasteiger partial charge in [-0.15, -0.1) is 6.58 Å². The summed E-state index contributed by atoms with van der Waals surface area (Å²) < 4.78 is 4.55. The Hall–Kier alpha value is -1.16. The Kier molecular flexibility index (Phi) is 15.3. The number of hydrogen-bond donors (Lipinski definition) is 1. The summed E-state index contributed by atoms with van der Waals surface area (Å²) in [7, 11) is 1.40. The number of esters is 1. The molecule has 4 nitrogen and oxygen atoms in total. The molecule has 0 amide bonds. The number of ether oxygens (including phenoxy) is 1. The van der Waals surface area contributed by atoms with Crippen LogP contribution in [0.5, 0.6) is 0 Å². The quantitative estimate of drug-likeness (QED) is 0.291. The van der Waals surface area contributed by atoms with Crippen molar-refractivity contribution in [3.05, 3.63) is 12.7 Å². The lowest BCUT2D eigenvalue weighted by Gasteiger charge is -2.07. The van der Waals surface area contributed by atoms with Gasteiger partial charge in [0.1, 0.15) is 5.78 Å². The van der Waals surface area contributed by atoms with Crippen molar-refractivity contribution in [2.24, 2.45) is 11.8 Å². The van der Waals surface area contributed by atoms with Gasteiger partial charge in [0.15, 0.2) is 0 Å². The second-order valence-electron chi connectivity index (χ2n) is 7.56. The summed E-state index contributed by atoms with van der Waals surface area (Å²) in [6, 6.07) is 0. The summed E-state index contributed by atoms with van der Waals surface area (Å²) in [5.74, 6) is 0.985. The highest BCUT2D eigenvalue weighted by Gasteiger charge is 2.30. The van der Waals surface area contributed by atoms with Crippen LogP contribution in [0.25, 0.3) is 0 Å². The molecule has 0 spiro atoms. The predicted molar refractivity (Wildman–Crippen MR) is 107 cm³/mol. The number of carbonyl (C=O) groups is 2. The first-order chi connectivity index (χ1) is 12.4. The minimum absolute atomic E-state index is 0.0746. The Morgan fingerprint density at radius 2 is 2.00 bits per heavy atom.